The summed E-state index contributed by atoms with van der Waals surface area (Å²) < 4.78 is 27.3. The van der Waals surface area contributed by atoms with Gasteiger partial charge in [0.1, 0.15) is 0 Å². The minimum atomic E-state index is -1.32. The summed E-state index contributed by atoms with van der Waals surface area (Å²) in [4.78, 5) is 28.1. The topological polar surface area (TPSA) is 76.1 Å². The quantitative estimate of drug-likeness (QED) is 0.323. The molecule has 2 aliphatic heterocycles. The number of rotatable bonds is 5. The van der Waals surface area contributed by atoms with Gasteiger partial charge in [-0.2, -0.15) is 0 Å². The number of carboxylic acid groups (broad SMARTS) is 1. The molecular weight excluding hydrogens is 568 g/mol. The molecule has 216 valence electrons. The lowest BCUT2D eigenvalue weighted by Crippen LogP contribution is -2.30. The molecule has 6 nitrogen and oxygen atoms in total. The Morgan fingerprint density at radius 1 is 1.10 bits per heavy atom. The Kier molecular flexibility index (Phi) is 7.83. The lowest BCUT2D eigenvalue weighted by atomic mass is 9.83. The maximum Gasteiger partial charge on any atom is 0.337 e. The van der Waals surface area contributed by atoms with E-state index in [-0.39, 0.29) is 16.7 Å². The number of aliphatic carboxylic acids is 1. The second kappa shape index (κ2) is 10.9. The number of anilines is 1. The lowest BCUT2D eigenvalue weighted by molar-refractivity contribution is -0.160. The largest absolute Gasteiger partial charge is 0.490 e. The molecule has 5 rings (SSSR count). The molecule has 0 saturated carbocycles. The van der Waals surface area contributed by atoms with E-state index in [0.717, 1.165) is 23.1 Å². The van der Waals surface area contributed by atoms with Gasteiger partial charge in [-0.1, -0.05) is 23.2 Å². The van der Waals surface area contributed by atoms with Gasteiger partial charge in [-0.3, -0.25) is 4.79 Å². The highest BCUT2D eigenvalue weighted by Gasteiger charge is 2.37. The predicted molar refractivity (Wildman–Crippen MR) is 158 cm³/mol. The van der Waals surface area contributed by atoms with Crippen LogP contribution in [0.5, 0.6) is 5.75 Å². The zero-order valence-electron chi connectivity index (χ0n) is 23.7. The van der Waals surface area contributed by atoms with Crippen molar-refractivity contribution in [1.82, 2.24) is 0 Å². The number of hydrogen-bond acceptors (Lipinski definition) is 4. The molecule has 1 amide bonds. The number of carbonyl (C=O) groups excluding carboxylic acids is 1. The number of benzene rings is 3. The second-order valence-electron chi connectivity index (χ2n) is 11.5. The van der Waals surface area contributed by atoms with Gasteiger partial charge in [0.15, 0.2) is 17.7 Å². The molecule has 0 aliphatic carbocycles. The van der Waals surface area contributed by atoms with E-state index in [4.69, 9.17) is 32.7 Å². The van der Waals surface area contributed by atoms with Crippen molar-refractivity contribution in [2.75, 3.05) is 18.1 Å². The highest BCUT2D eigenvalue weighted by molar-refractivity contribution is 6.37. The first-order valence-corrected chi connectivity index (χ1v) is 14.3. The zero-order chi connectivity index (χ0) is 29.8. The third-order valence-corrected chi connectivity index (χ3v) is 8.15. The van der Waals surface area contributed by atoms with Gasteiger partial charge in [-0.05, 0) is 112 Å². The Morgan fingerprint density at radius 3 is 2.49 bits per heavy atom. The monoisotopic (exact) mass is 599 g/mol. The number of carbonyl (C=O) groups is 2. The van der Waals surface area contributed by atoms with Gasteiger partial charge < -0.3 is 19.5 Å². The van der Waals surface area contributed by atoms with Crippen molar-refractivity contribution in [2.24, 2.45) is 0 Å². The number of hydrogen-bond donors (Lipinski definition) is 1. The van der Waals surface area contributed by atoms with Crippen LogP contribution in [0.4, 0.5) is 10.1 Å². The molecule has 2 aliphatic rings. The third-order valence-electron chi connectivity index (χ3n) is 7.60. The van der Waals surface area contributed by atoms with Gasteiger partial charge in [0.05, 0.1) is 22.8 Å². The average molecular weight is 601 g/mol. The van der Waals surface area contributed by atoms with Crippen LogP contribution in [0, 0.1) is 19.7 Å². The summed E-state index contributed by atoms with van der Waals surface area (Å²) in [5, 5.41) is 11.0. The minimum absolute atomic E-state index is 0.238. The molecule has 0 aromatic heterocycles. The van der Waals surface area contributed by atoms with E-state index in [2.05, 4.69) is 0 Å². The summed E-state index contributed by atoms with van der Waals surface area (Å²) >= 11 is 12.4. The molecule has 0 spiro atoms. The van der Waals surface area contributed by atoms with E-state index >= 15 is 4.39 Å². The maximum absolute atomic E-state index is 15.6. The van der Waals surface area contributed by atoms with Crippen molar-refractivity contribution in [2.45, 2.75) is 65.6 Å². The fourth-order valence-corrected chi connectivity index (χ4v) is 6.35. The Labute approximate surface area is 249 Å². The summed E-state index contributed by atoms with van der Waals surface area (Å²) in [6.45, 7) is 9.88. The van der Waals surface area contributed by atoms with E-state index in [1.54, 1.807) is 44.7 Å². The standard InChI is InChI=1S/C32H32Cl2FNO5/c1-16-13-25-21(10-11-36(25)30(37)20-9-8-18(33)14-23(20)34)27(26(16)29(31(38)39)41-32(3,4)5)22-15-24(35)28-19(17(22)2)7-6-12-40-28/h8-9,13-15,29H,6-7,10-12H2,1-5H3,(H,38,39)/t29-/m0/s1. The number of fused-ring (bicyclic) bond motifs is 2. The summed E-state index contributed by atoms with van der Waals surface area (Å²) in [5.41, 5.74) is 4.73. The van der Waals surface area contributed by atoms with Crippen LogP contribution in [0.1, 0.15) is 71.5 Å². The fourth-order valence-electron chi connectivity index (χ4n) is 5.86. The Bertz CT molecular complexity index is 1580. The van der Waals surface area contributed by atoms with E-state index in [1.165, 1.54) is 12.1 Å². The maximum atomic E-state index is 15.6. The first-order chi connectivity index (χ1) is 19.3. The Morgan fingerprint density at radius 2 is 1.83 bits per heavy atom. The molecule has 0 bridgehead atoms. The summed E-state index contributed by atoms with van der Waals surface area (Å²) in [6, 6.07) is 7.97. The van der Waals surface area contributed by atoms with E-state index < -0.39 is 23.5 Å². The van der Waals surface area contributed by atoms with Crippen LogP contribution in [-0.4, -0.2) is 35.7 Å². The number of amides is 1. The summed E-state index contributed by atoms with van der Waals surface area (Å²) in [7, 11) is 0. The first kappa shape index (κ1) is 29.4. The second-order valence-corrected chi connectivity index (χ2v) is 12.4. The average Bonchev–Trinajstić information content (AvgIpc) is 3.31. The molecule has 9 heteroatoms. The van der Waals surface area contributed by atoms with Crippen molar-refractivity contribution >= 4 is 40.8 Å². The van der Waals surface area contributed by atoms with Crippen molar-refractivity contribution in [3.63, 3.8) is 0 Å². The highest BCUT2D eigenvalue weighted by Crippen LogP contribution is 2.48. The molecule has 1 N–H and O–H groups in total. The molecule has 3 aromatic carbocycles. The molecule has 0 unspecified atom stereocenters. The van der Waals surface area contributed by atoms with E-state index in [1.807, 2.05) is 13.0 Å². The van der Waals surface area contributed by atoms with Crippen LogP contribution in [0.3, 0.4) is 0 Å². The smallest absolute Gasteiger partial charge is 0.337 e. The van der Waals surface area contributed by atoms with E-state index in [9.17, 15) is 14.7 Å². The number of halogens is 3. The van der Waals surface area contributed by atoms with Crippen LogP contribution in [0.2, 0.25) is 10.0 Å². The van der Waals surface area contributed by atoms with Crippen LogP contribution >= 0.6 is 23.2 Å². The van der Waals surface area contributed by atoms with Gasteiger partial charge in [-0.15, -0.1) is 0 Å². The molecule has 3 aromatic rings. The van der Waals surface area contributed by atoms with E-state index in [0.29, 0.717) is 64.5 Å². The predicted octanol–water partition coefficient (Wildman–Crippen LogP) is 7.89. The minimum Gasteiger partial charge on any atom is -0.490 e. The molecular formula is C32H32Cl2FNO5. The van der Waals surface area contributed by atoms with Crippen molar-refractivity contribution in [1.29, 1.82) is 0 Å². The molecule has 1 atom stereocenters. The third kappa shape index (κ3) is 5.43. The van der Waals surface area contributed by atoms with Crippen LogP contribution in [-0.2, 0) is 22.4 Å². The van der Waals surface area contributed by atoms with Crippen LogP contribution in [0.25, 0.3) is 11.1 Å². The molecule has 41 heavy (non-hydrogen) atoms. The van der Waals surface area contributed by atoms with Gasteiger partial charge in [0.2, 0.25) is 0 Å². The SMILES string of the molecule is Cc1cc2c(c(-c3cc(F)c4c(c3C)CCCO4)c1[C@H](OC(C)(C)C)C(=O)O)CCN2C(=O)c1ccc(Cl)cc1Cl. The Hall–Kier alpha value is -3.13. The van der Waals surface area contributed by atoms with Gasteiger partial charge >= 0.3 is 5.97 Å². The summed E-state index contributed by atoms with van der Waals surface area (Å²) in [5.74, 6) is -1.70. The van der Waals surface area contributed by atoms with Crippen molar-refractivity contribution < 1.29 is 28.6 Å². The number of ether oxygens (including phenoxy) is 2. The summed E-state index contributed by atoms with van der Waals surface area (Å²) in [6.07, 6.45) is 0.520. The normalized spacial score (nSPS) is 15.3. The van der Waals surface area contributed by atoms with Crippen LogP contribution in [0.15, 0.2) is 30.3 Å². The van der Waals surface area contributed by atoms with Gasteiger partial charge in [0, 0.05) is 28.4 Å². The van der Waals surface area contributed by atoms with Gasteiger partial charge in [0.25, 0.3) is 5.91 Å². The van der Waals surface area contributed by atoms with Gasteiger partial charge in [-0.25, -0.2) is 9.18 Å². The Balaban J connectivity index is 1.78. The highest BCUT2D eigenvalue weighted by atomic mass is 35.5. The molecule has 0 fully saturated rings. The number of carboxylic acids is 1. The van der Waals surface area contributed by atoms with Crippen molar-refractivity contribution in [3.05, 3.63) is 79.6 Å². The lowest BCUT2D eigenvalue weighted by Gasteiger charge is -2.30. The zero-order valence-corrected chi connectivity index (χ0v) is 25.2. The number of aryl methyl sites for hydroxylation is 1. The van der Waals surface area contributed by atoms with Crippen LogP contribution < -0.4 is 9.64 Å². The first-order valence-electron chi connectivity index (χ1n) is 13.6. The molecule has 0 radical (unpaired) electrons. The van der Waals surface area contributed by atoms with Crippen molar-refractivity contribution in [3.8, 4) is 16.9 Å². The molecule has 0 saturated heterocycles. The fraction of sp³-hybridized carbons (Fsp3) is 0.375. The number of nitrogens with zero attached hydrogens (tertiary/aromatic N) is 1. The molecule has 2 heterocycles.